The fourth-order valence-corrected chi connectivity index (χ4v) is 2.25. The molecule has 0 aliphatic carbocycles. The van der Waals surface area contributed by atoms with E-state index in [0.717, 1.165) is 25.7 Å². The normalized spacial score (nSPS) is 15.1. The van der Waals surface area contributed by atoms with E-state index in [2.05, 4.69) is 6.92 Å². The fraction of sp³-hybridized carbons (Fsp3) is 0.650. The molecule has 0 fully saturated rings. The van der Waals surface area contributed by atoms with E-state index in [4.69, 9.17) is 5.11 Å². The van der Waals surface area contributed by atoms with Crippen LogP contribution in [0.4, 0.5) is 0 Å². The molecule has 1 unspecified atom stereocenters. The number of hydrogen-bond donors (Lipinski definition) is 4. The molecule has 0 radical (unpaired) electrons. The Morgan fingerprint density at radius 2 is 1.68 bits per heavy atom. The highest BCUT2D eigenvalue weighted by Crippen LogP contribution is 2.11. The first kappa shape index (κ1) is 23.4. The Morgan fingerprint density at radius 1 is 0.960 bits per heavy atom. The first-order chi connectivity index (χ1) is 12.0. The number of allylic oxidation sites excluding steroid dienone is 3. The Labute approximate surface area is 151 Å². The van der Waals surface area contributed by atoms with Gasteiger partial charge in [0.25, 0.3) is 0 Å². The average molecular weight is 354 g/mol. The number of carboxylic acid groups (broad SMARTS) is 1. The molecule has 0 saturated carbocycles. The van der Waals surface area contributed by atoms with Gasteiger partial charge in [-0.1, -0.05) is 50.5 Å². The summed E-state index contributed by atoms with van der Waals surface area (Å²) in [5.41, 5.74) is 0. The minimum Gasteiger partial charge on any atom is -0.510 e. The molecule has 0 bridgehead atoms. The Kier molecular flexibility index (Phi) is 14.9. The van der Waals surface area contributed by atoms with Crippen molar-refractivity contribution >= 4 is 5.97 Å². The third-order valence-electron chi connectivity index (χ3n) is 3.81. The van der Waals surface area contributed by atoms with Crippen molar-refractivity contribution in [1.29, 1.82) is 0 Å². The third kappa shape index (κ3) is 15.7. The molecule has 0 aromatic rings. The molecule has 5 nitrogen and oxygen atoms in total. The van der Waals surface area contributed by atoms with Crippen LogP contribution in [0.25, 0.3) is 0 Å². The van der Waals surface area contributed by atoms with Crippen LogP contribution < -0.4 is 0 Å². The smallest absolute Gasteiger partial charge is 0.303 e. The van der Waals surface area contributed by atoms with Crippen molar-refractivity contribution in [3.63, 3.8) is 0 Å². The second kappa shape index (κ2) is 15.9. The van der Waals surface area contributed by atoms with Gasteiger partial charge in [-0.2, -0.15) is 0 Å². The molecule has 0 aromatic heterocycles. The number of unbranched alkanes of at least 4 members (excludes halogenated alkanes) is 3. The van der Waals surface area contributed by atoms with Crippen molar-refractivity contribution in [1.82, 2.24) is 0 Å². The first-order valence-electron chi connectivity index (χ1n) is 9.24. The van der Waals surface area contributed by atoms with Gasteiger partial charge in [0.15, 0.2) is 0 Å². The summed E-state index contributed by atoms with van der Waals surface area (Å²) >= 11 is 0. The molecular formula is C20H34O5. The number of hydrogen-bond acceptors (Lipinski definition) is 4. The predicted molar refractivity (Wildman–Crippen MR) is 100 cm³/mol. The molecule has 0 amide bonds. The van der Waals surface area contributed by atoms with Gasteiger partial charge in [-0.05, 0) is 44.6 Å². The second-order valence-corrected chi connectivity index (χ2v) is 6.23. The Balaban J connectivity index is 3.87. The molecule has 0 spiro atoms. The van der Waals surface area contributed by atoms with Crippen LogP contribution in [0.3, 0.4) is 0 Å². The van der Waals surface area contributed by atoms with Crippen LogP contribution in [-0.2, 0) is 4.79 Å². The van der Waals surface area contributed by atoms with Crippen molar-refractivity contribution in [2.45, 2.75) is 83.3 Å². The monoisotopic (exact) mass is 354 g/mol. The number of aliphatic carboxylic acids is 1. The van der Waals surface area contributed by atoms with Crippen LogP contribution >= 0.6 is 0 Å². The molecule has 0 aromatic carbocycles. The van der Waals surface area contributed by atoms with Crippen LogP contribution in [0.15, 0.2) is 36.1 Å². The quantitative estimate of drug-likeness (QED) is 0.200. The van der Waals surface area contributed by atoms with Crippen molar-refractivity contribution in [2.24, 2.45) is 0 Å². The molecule has 0 rings (SSSR count). The maximum atomic E-state index is 10.3. The van der Waals surface area contributed by atoms with Gasteiger partial charge in [-0.15, -0.1) is 0 Å². The van der Waals surface area contributed by atoms with Crippen LogP contribution in [-0.4, -0.2) is 38.6 Å². The molecule has 0 heterocycles. The summed E-state index contributed by atoms with van der Waals surface area (Å²) in [5, 5.41) is 37.9. The molecule has 0 aliphatic heterocycles. The largest absolute Gasteiger partial charge is 0.510 e. The van der Waals surface area contributed by atoms with E-state index in [1.165, 1.54) is 6.08 Å². The van der Waals surface area contributed by atoms with E-state index in [9.17, 15) is 20.1 Å². The van der Waals surface area contributed by atoms with Gasteiger partial charge in [0.05, 0.1) is 6.10 Å². The number of aliphatic hydroxyl groups excluding tert-OH is 3. The number of aliphatic hydroxyl groups is 3. The van der Waals surface area contributed by atoms with Crippen molar-refractivity contribution < 1.29 is 25.2 Å². The topological polar surface area (TPSA) is 98.0 Å². The Bertz CT molecular complexity index is 426. The summed E-state index contributed by atoms with van der Waals surface area (Å²) in [5.74, 6) is -0.868. The molecule has 5 heteroatoms. The molecule has 0 saturated heterocycles. The highest BCUT2D eigenvalue weighted by atomic mass is 16.4. The summed E-state index contributed by atoms with van der Waals surface area (Å²) in [7, 11) is 0. The lowest BCUT2D eigenvalue weighted by Crippen LogP contribution is -2.11. The summed E-state index contributed by atoms with van der Waals surface area (Å²) in [6.45, 7) is 2.11. The van der Waals surface area contributed by atoms with E-state index in [1.807, 2.05) is 18.2 Å². The lowest BCUT2D eigenvalue weighted by atomic mass is 10.1. The number of rotatable bonds is 15. The maximum absolute atomic E-state index is 10.3. The van der Waals surface area contributed by atoms with E-state index in [-0.39, 0.29) is 12.2 Å². The Morgan fingerprint density at radius 3 is 2.36 bits per heavy atom. The van der Waals surface area contributed by atoms with Crippen molar-refractivity contribution in [2.75, 3.05) is 0 Å². The molecular weight excluding hydrogens is 320 g/mol. The van der Waals surface area contributed by atoms with Gasteiger partial charge in [0.1, 0.15) is 11.9 Å². The molecule has 4 N–H and O–H groups in total. The summed E-state index contributed by atoms with van der Waals surface area (Å²) in [4.78, 5) is 10.3. The van der Waals surface area contributed by atoms with Crippen molar-refractivity contribution in [3.05, 3.63) is 36.1 Å². The lowest BCUT2D eigenvalue weighted by molar-refractivity contribution is -0.137. The zero-order chi connectivity index (χ0) is 18.9. The lowest BCUT2D eigenvalue weighted by Gasteiger charge is -2.10. The van der Waals surface area contributed by atoms with E-state index < -0.39 is 18.2 Å². The van der Waals surface area contributed by atoms with Gasteiger partial charge in [0, 0.05) is 6.42 Å². The highest BCUT2D eigenvalue weighted by molar-refractivity contribution is 5.66. The van der Waals surface area contributed by atoms with Gasteiger partial charge in [0.2, 0.25) is 0 Å². The molecule has 2 atom stereocenters. The van der Waals surface area contributed by atoms with Crippen LogP contribution in [0.2, 0.25) is 0 Å². The molecule has 0 aliphatic rings. The second-order valence-electron chi connectivity index (χ2n) is 6.23. The van der Waals surface area contributed by atoms with E-state index >= 15 is 0 Å². The zero-order valence-corrected chi connectivity index (χ0v) is 15.3. The summed E-state index contributed by atoms with van der Waals surface area (Å²) < 4.78 is 0. The number of carbonyl (C=O) groups is 1. The minimum absolute atomic E-state index is 0.0941. The SMILES string of the molecule is CCCCC[C@H](O)C/C=C(/O)C(O)C/C=C\C/C=C\CCCC(=O)O. The van der Waals surface area contributed by atoms with Gasteiger partial charge >= 0.3 is 5.97 Å². The minimum atomic E-state index is -0.946. The van der Waals surface area contributed by atoms with Gasteiger partial charge in [-0.3, -0.25) is 4.79 Å². The Hall–Kier alpha value is -1.59. The summed E-state index contributed by atoms with van der Waals surface area (Å²) in [6.07, 6.45) is 14.5. The molecule has 144 valence electrons. The third-order valence-corrected chi connectivity index (χ3v) is 3.81. The van der Waals surface area contributed by atoms with Gasteiger partial charge < -0.3 is 20.4 Å². The van der Waals surface area contributed by atoms with Crippen LogP contribution in [0.1, 0.15) is 71.1 Å². The van der Waals surface area contributed by atoms with Crippen LogP contribution in [0, 0.1) is 0 Å². The van der Waals surface area contributed by atoms with Gasteiger partial charge in [-0.25, -0.2) is 0 Å². The zero-order valence-electron chi connectivity index (χ0n) is 15.3. The fourth-order valence-electron chi connectivity index (χ4n) is 2.25. The van der Waals surface area contributed by atoms with E-state index in [1.54, 1.807) is 6.08 Å². The first-order valence-corrected chi connectivity index (χ1v) is 9.24. The average Bonchev–Trinajstić information content (AvgIpc) is 2.57. The van der Waals surface area contributed by atoms with Crippen LogP contribution in [0.5, 0.6) is 0 Å². The van der Waals surface area contributed by atoms with E-state index in [0.29, 0.717) is 32.1 Å². The number of carboxylic acids is 1. The summed E-state index contributed by atoms with van der Waals surface area (Å²) in [6, 6.07) is 0. The molecule has 25 heavy (non-hydrogen) atoms. The highest BCUT2D eigenvalue weighted by Gasteiger charge is 2.08. The standard InChI is InChI=1S/C20H34O5/c1-2-3-9-12-17(21)15-16-19(23)18(22)13-10-7-5-4-6-8-11-14-20(24)25/h4,6-7,10,16-18,21-23H,2-3,5,8-9,11-15H2,1H3,(H,24,25)/b6-4-,10-7-,19-16+/t17-,18?/m0/s1. The predicted octanol–water partition coefficient (Wildman–Crippen LogP) is 4.27. The maximum Gasteiger partial charge on any atom is 0.303 e. The van der Waals surface area contributed by atoms with Crippen molar-refractivity contribution in [3.8, 4) is 0 Å².